The van der Waals surface area contributed by atoms with Crippen LogP contribution in [0.1, 0.15) is 148 Å². The van der Waals surface area contributed by atoms with E-state index in [9.17, 15) is 8.42 Å². The van der Waals surface area contributed by atoms with Gasteiger partial charge in [0.25, 0.3) is 10.1 Å². The van der Waals surface area contributed by atoms with Gasteiger partial charge < -0.3 is 5.73 Å². The van der Waals surface area contributed by atoms with Gasteiger partial charge in [-0.1, -0.05) is 142 Å². The van der Waals surface area contributed by atoms with Crippen LogP contribution in [0.25, 0.3) is 0 Å². The van der Waals surface area contributed by atoms with Crippen LogP contribution in [0, 0.1) is 0 Å². The molecule has 4 nitrogen and oxygen atoms in total. The van der Waals surface area contributed by atoms with E-state index in [2.05, 4.69) is 6.92 Å². The highest BCUT2D eigenvalue weighted by atomic mass is 32.2. The SMILES string of the molecule is CCCCCCCCCCCCCCCCCCCCCCCC(CN)S(=O)(=O)O. The first-order valence-electron chi connectivity index (χ1n) is 13.2. The summed E-state index contributed by atoms with van der Waals surface area (Å²) in [4.78, 5) is 0. The summed E-state index contributed by atoms with van der Waals surface area (Å²) in [5, 5.41) is -0.780. The van der Waals surface area contributed by atoms with Crippen LogP contribution < -0.4 is 5.73 Å². The highest BCUT2D eigenvalue weighted by Gasteiger charge is 2.20. The van der Waals surface area contributed by atoms with Gasteiger partial charge >= 0.3 is 0 Å². The normalized spacial score (nSPS) is 13.0. The summed E-state index contributed by atoms with van der Waals surface area (Å²) in [6.45, 7) is 2.29. The first-order valence-corrected chi connectivity index (χ1v) is 14.7. The van der Waals surface area contributed by atoms with Crippen molar-refractivity contribution in [2.24, 2.45) is 5.73 Å². The Bertz CT molecular complexity index is 440. The van der Waals surface area contributed by atoms with Crippen molar-refractivity contribution in [3.63, 3.8) is 0 Å². The second-order valence-corrected chi connectivity index (χ2v) is 10.9. The van der Waals surface area contributed by atoms with Gasteiger partial charge in [0.05, 0.1) is 5.25 Å². The minimum Gasteiger partial charge on any atom is -0.329 e. The minimum absolute atomic E-state index is 0.0119. The van der Waals surface area contributed by atoms with Crippen molar-refractivity contribution < 1.29 is 13.0 Å². The molecule has 0 saturated carbocycles. The van der Waals surface area contributed by atoms with Crippen molar-refractivity contribution in [3.05, 3.63) is 0 Å². The fourth-order valence-electron chi connectivity index (χ4n) is 4.19. The number of rotatable bonds is 24. The van der Waals surface area contributed by atoms with Crippen molar-refractivity contribution in [1.82, 2.24) is 0 Å². The lowest BCUT2D eigenvalue weighted by molar-refractivity contribution is 0.456. The molecule has 0 aromatic rings. The van der Waals surface area contributed by atoms with E-state index in [4.69, 9.17) is 10.3 Å². The van der Waals surface area contributed by atoms with Crippen LogP contribution in [0.4, 0.5) is 0 Å². The highest BCUT2D eigenvalue weighted by molar-refractivity contribution is 7.86. The molecule has 182 valence electrons. The molecule has 0 aliphatic rings. The van der Waals surface area contributed by atoms with Crippen LogP contribution in [0.15, 0.2) is 0 Å². The summed E-state index contributed by atoms with van der Waals surface area (Å²) in [5.41, 5.74) is 5.41. The van der Waals surface area contributed by atoms with E-state index in [-0.39, 0.29) is 6.54 Å². The molecule has 0 rings (SSSR count). The Hall–Kier alpha value is -0.130. The largest absolute Gasteiger partial charge is 0.329 e. The summed E-state index contributed by atoms with van der Waals surface area (Å²) in [5.74, 6) is 0. The van der Waals surface area contributed by atoms with Crippen LogP contribution >= 0.6 is 0 Å². The monoisotopic (exact) mass is 447 g/mol. The highest BCUT2D eigenvalue weighted by Crippen LogP contribution is 2.16. The van der Waals surface area contributed by atoms with Crippen molar-refractivity contribution in [3.8, 4) is 0 Å². The molecule has 0 amide bonds. The molecule has 0 radical (unpaired) electrons. The number of hydrogen-bond donors (Lipinski definition) is 2. The molecule has 30 heavy (non-hydrogen) atoms. The zero-order valence-electron chi connectivity index (χ0n) is 20.1. The molecule has 0 aromatic heterocycles. The van der Waals surface area contributed by atoms with E-state index in [1.807, 2.05) is 0 Å². The van der Waals surface area contributed by atoms with Crippen LogP contribution in [-0.2, 0) is 10.1 Å². The third kappa shape index (κ3) is 21.1. The van der Waals surface area contributed by atoms with Gasteiger partial charge in [0, 0.05) is 6.54 Å². The topological polar surface area (TPSA) is 80.4 Å². The van der Waals surface area contributed by atoms with Gasteiger partial charge in [0.1, 0.15) is 0 Å². The zero-order chi connectivity index (χ0) is 22.3. The fraction of sp³-hybridized carbons (Fsp3) is 1.00. The molecule has 3 N–H and O–H groups in total. The predicted octanol–water partition coefficient (Wildman–Crippen LogP) is 7.80. The maximum Gasteiger partial charge on any atom is 0.269 e. The van der Waals surface area contributed by atoms with Crippen molar-refractivity contribution in [2.45, 2.75) is 153 Å². The van der Waals surface area contributed by atoms with Crippen molar-refractivity contribution in [1.29, 1.82) is 0 Å². The van der Waals surface area contributed by atoms with E-state index in [1.165, 1.54) is 116 Å². The Labute approximate surface area is 188 Å². The molecule has 0 bridgehead atoms. The smallest absolute Gasteiger partial charge is 0.269 e. The Balaban J connectivity index is 3.16. The summed E-state index contributed by atoms with van der Waals surface area (Å²) in [7, 11) is -3.97. The van der Waals surface area contributed by atoms with E-state index >= 15 is 0 Å². The Kier molecular flexibility index (Phi) is 22.0. The van der Waals surface area contributed by atoms with Gasteiger partial charge in [-0.3, -0.25) is 4.55 Å². The van der Waals surface area contributed by atoms with E-state index < -0.39 is 15.4 Å². The average Bonchev–Trinajstić information content (AvgIpc) is 2.71. The second kappa shape index (κ2) is 22.1. The molecular weight excluding hydrogens is 394 g/mol. The van der Waals surface area contributed by atoms with Crippen LogP contribution in [0.5, 0.6) is 0 Å². The second-order valence-electron chi connectivity index (χ2n) is 9.23. The van der Waals surface area contributed by atoms with Crippen LogP contribution in [0.3, 0.4) is 0 Å². The molecule has 5 heteroatoms. The van der Waals surface area contributed by atoms with Crippen molar-refractivity contribution >= 4 is 10.1 Å². The summed E-state index contributed by atoms with van der Waals surface area (Å²) < 4.78 is 31.2. The van der Waals surface area contributed by atoms with E-state index in [0.717, 1.165) is 19.3 Å². The third-order valence-corrected chi connectivity index (χ3v) is 7.58. The summed E-state index contributed by atoms with van der Waals surface area (Å²) >= 11 is 0. The lowest BCUT2D eigenvalue weighted by Crippen LogP contribution is -2.29. The lowest BCUT2D eigenvalue weighted by Gasteiger charge is -2.10. The molecule has 0 saturated heterocycles. The third-order valence-electron chi connectivity index (χ3n) is 6.31. The van der Waals surface area contributed by atoms with Gasteiger partial charge in [0.15, 0.2) is 0 Å². The summed E-state index contributed by atoms with van der Waals surface area (Å²) in [6, 6.07) is 0. The average molecular weight is 448 g/mol. The Morgan fingerprint density at radius 3 is 1.07 bits per heavy atom. The minimum atomic E-state index is -3.97. The van der Waals surface area contributed by atoms with Gasteiger partial charge in [-0.05, 0) is 6.42 Å². The lowest BCUT2D eigenvalue weighted by atomic mass is 10.0. The predicted molar refractivity (Wildman–Crippen MR) is 132 cm³/mol. The molecule has 1 atom stereocenters. The Morgan fingerprint density at radius 2 is 0.833 bits per heavy atom. The molecular formula is C25H53NO3S. The molecule has 0 aromatic carbocycles. The maximum absolute atomic E-state index is 11.1. The quantitative estimate of drug-likeness (QED) is 0.117. The summed E-state index contributed by atoms with van der Waals surface area (Å²) in [6.07, 6.45) is 28.6. The number of unbranched alkanes of at least 4 members (excludes halogenated alkanes) is 20. The molecule has 0 fully saturated rings. The first kappa shape index (κ1) is 29.9. The number of hydrogen-bond acceptors (Lipinski definition) is 3. The first-order chi connectivity index (χ1) is 14.5. The molecule has 1 unspecified atom stereocenters. The molecule has 0 heterocycles. The zero-order valence-corrected chi connectivity index (χ0v) is 20.9. The maximum atomic E-state index is 11.1. The molecule has 0 aliphatic heterocycles. The molecule has 0 aliphatic carbocycles. The van der Waals surface area contributed by atoms with E-state index in [1.54, 1.807) is 0 Å². The number of nitrogens with two attached hydrogens (primary N) is 1. The molecule has 0 spiro atoms. The van der Waals surface area contributed by atoms with Gasteiger partial charge in [-0.15, -0.1) is 0 Å². The standard InChI is InChI=1S/C25H53NO3S/c1-2-3-4-5-6-7-8-9-10-11-12-13-14-15-16-17-18-19-20-21-22-23-25(24-26)30(27,28)29/h25H,2-24,26H2,1H3,(H,27,28,29). The van der Waals surface area contributed by atoms with Gasteiger partial charge in [-0.25, -0.2) is 0 Å². The van der Waals surface area contributed by atoms with Gasteiger partial charge in [0.2, 0.25) is 0 Å². The van der Waals surface area contributed by atoms with Crippen LogP contribution in [0.2, 0.25) is 0 Å². The van der Waals surface area contributed by atoms with Crippen LogP contribution in [-0.4, -0.2) is 24.8 Å². The Morgan fingerprint density at radius 1 is 0.567 bits per heavy atom. The van der Waals surface area contributed by atoms with Gasteiger partial charge in [-0.2, -0.15) is 8.42 Å². The fourth-order valence-corrected chi connectivity index (χ4v) is 4.90. The van der Waals surface area contributed by atoms with E-state index in [0.29, 0.717) is 6.42 Å². The van der Waals surface area contributed by atoms with Crippen molar-refractivity contribution in [2.75, 3.05) is 6.54 Å².